The Hall–Kier alpha value is -2.90. The molecule has 0 saturated carbocycles. The summed E-state index contributed by atoms with van der Waals surface area (Å²) in [5, 5.41) is 3.06. The topological polar surface area (TPSA) is 79.6 Å². The quantitative estimate of drug-likeness (QED) is 0.609. The molecule has 3 aromatic rings. The average Bonchev–Trinajstić information content (AvgIpc) is 3.22. The molecule has 1 N–H and O–H groups in total. The molecule has 1 amide bonds. The van der Waals surface area contributed by atoms with Crippen molar-refractivity contribution in [2.24, 2.45) is 0 Å². The van der Waals surface area contributed by atoms with E-state index in [0.29, 0.717) is 15.6 Å². The maximum absolute atomic E-state index is 12.8. The van der Waals surface area contributed by atoms with Crippen LogP contribution in [0.1, 0.15) is 40.1 Å². The van der Waals surface area contributed by atoms with Gasteiger partial charge in [-0.3, -0.25) is 9.69 Å². The van der Waals surface area contributed by atoms with E-state index in [0.717, 1.165) is 49.2 Å². The first-order chi connectivity index (χ1) is 15.3. The summed E-state index contributed by atoms with van der Waals surface area (Å²) < 4.78 is 30.9. The van der Waals surface area contributed by atoms with Crippen molar-refractivity contribution in [1.82, 2.24) is 10.2 Å². The van der Waals surface area contributed by atoms with Crippen LogP contribution in [0.2, 0.25) is 0 Å². The van der Waals surface area contributed by atoms with Gasteiger partial charge in [0.05, 0.1) is 16.1 Å². The fourth-order valence-corrected chi connectivity index (χ4v) is 5.24. The van der Waals surface area contributed by atoms with E-state index >= 15 is 0 Å². The highest BCUT2D eigenvalue weighted by molar-refractivity contribution is 7.91. The Morgan fingerprint density at radius 1 is 0.969 bits per heavy atom. The van der Waals surface area contributed by atoms with Gasteiger partial charge in [-0.2, -0.15) is 0 Å². The zero-order chi connectivity index (χ0) is 22.7. The summed E-state index contributed by atoms with van der Waals surface area (Å²) >= 11 is 0. The molecule has 1 aromatic heterocycles. The highest BCUT2D eigenvalue weighted by Gasteiger charge is 2.23. The van der Waals surface area contributed by atoms with Crippen LogP contribution < -0.4 is 5.32 Å². The van der Waals surface area contributed by atoms with Gasteiger partial charge in [-0.15, -0.1) is 0 Å². The smallest absolute Gasteiger partial charge is 0.287 e. The highest BCUT2D eigenvalue weighted by Crippen LogP contribution is 2.22. The zero-order valence-electron chi connectivity index (χ0n) is 18.4. The minimum atomic E-state index is -3.51. The van der Waals surface area contributed by atoms with Gasteiger partial charge in [-0.25, -0.2) is 8.42 Å². The van der Waals surface area contributed by atoms with Crippen molar-refractivity contribution in [3.63, 3.8) is 0 Å². The Balaban J connectivity index is 1.31. The third-order valence-electron chi connectivity index (χ3n) is 5.96. The SMILES string of the molecule is Cc1ccc(S(=O)(=O)c2ccc(CN3CCC(NC(=O)c4occc4C)CC3)cc2)cc1. The normalized spacial score (nSPS) is 15.6. The number of likely N-dealkylation sites (tertiary alicyclic amines) is 1. The number of hydrogen-bond acceptors (Lipinski definition) is 5. The Morgan fingerprint density at radius 3 is 2.12 bits per heavy atom. The second-order valence-corrected chi connectivity index (χ2v) is 10.4. The second kappa shape index (κ2) is 9.30. The van der Waals surface area contributed by atoms with E-state index in [1.807, 2.05) is 38.1 Å². The van der Waals surface area contributed by atoms with Gasteiger partial charge in [-0.05, 0) is 62.6 Å². The van der Waals surface area contributed by atoms with Crippen LogP contribution in [0, 0.1) is 13.8 Å². The van der Waals surface area contributed by atoms with Crippen molar-refractivity contribution in [3.05, 3.63) is 83.3 Å². The molecule has 32 heavy (non-hydrogen) atoms. The lowest BCUT2D eigenvalue weighted by atomic mass is 10.0. The van der Waals surface area contributed by atoms with E-state index in [-0.39, 0.29) is 11.9 Å². The molecular formula is C25H28N2O4S. The number of carbonyl (C=O) groups is 1. The lowest BCUT2D eigenvalue weighted by molar-refractivity contribution is 0.0880. The Bertz CT molecular complexity index is 1170. The number of amides is 1. The summed E-state index contributed by atoms with van der Waals surface area (Å²) in [6, 6.07) is 16.0. The molecule has 0 spiro atoms. The van der Waals surface area contributed by atoms with E-state index < -0.39 is 9.84 Å². The molecule has 168 valence electrons. The zero-order valence-corrected chi connectivity index (χ0v) is 19.2. The summed E-state index contributed by atoms with van der Waals surface area (Å²) in [5.74, 6) is 0.226. The largest absolute Gasteiger partial charge is 0.459 e. The molecular weight excluding hydrogens is 424 g/mol. The van der Waals surface area contributed by atoms with Gasteiger partial charge in [0.1, 0.15) is 0 Å². The van der Waals surface area contributed by atoms with Crippen LogP contribution in [-0.4, -0.2) is 38.4 Å². The van der Waals surface area contributed by atoms with E-state index in [1.54, 1.807) is 30.3 Å². The van der Waals surface area contributed by atoms with Crippen LogP contribution in [0.15, 0.2) is 75.1 Å². The standard InChI is InChI=1S/C25H28N2O4S/c1-18-3-7-22(8-4-18)32(29,30)23-9-5-20(6-10-23)17-27-14-11-21(12-15-27)26-25(28)24-19(2)13-16-31-24/h3-10,13,16,21H,11-12,14-15,17H2,1-2H3,(H,26,28). The third-order valence-corrected chi connectivity index (χ3v) is 7.75. The predicted octanol–water partition coefficient (Wildman–Crippen LogP) is 4.12. The number of hydrogen-bond donors (Lipinski definition) is 1. The van der Waals surface area contributed by atoms with Gasteiger partial charge in [0.15, 0.2) is 5.76 Å². The minimum absolute atomic E-state index is 0.130. The number of carbonyl (C=O) groups excluding carboxylic acids is 1. The first kappa shape index (κ1) is 22.3. The molecule has 0 radical (unpaired) electrons. The average molecular weight is 453 g/mol. The first-order valence-corrected chi connectivity index (χ1v) is 12.3. The van der Waals surface area contributed by atoms with Crippen molar-refractivity contribution in [1.29, 1.82) is 0 Å². The van der Waals surface area contributed by atoms with Gasteiger partial charge in [0, 0.05) is 31.2 Å². The summed E-state index contributed by atoms with van der Waals surface area (Å²) in [5.41, 5.74) is 2.94. The molecule has 0 aliphatic carbocycles. The molecule has 1 saturated heterocycles. The van der Waals surface area contributed by atoms with Crippen molar-refractivity contribution in [3.8, 4) is 0 Å². The fraction of sp³-hybridized carbons (Fsp3) is 0.320. The molecule has 7 heteroatoms. The summed E-state index contributed by atoms with van der Waals surface area (Å²) in [6.45, 7) is 6.28. The molecule has 6 nitrogen and oxygen atoms in total. The van der Waals surface area contributed by atoms with Crippen molar-refractivity contribution in [2.75, 3.05) is 13.1 Å². The van der Waals surface area contributed by atoms with Gasteiger partial charge >= 0.3 is 0 Å². The van der Waals surface area contributed by atoms with Gasteiger partial charge in [0.25, 0.3) is 5.91 Å². The van der Waals surface area contributed by atoms with Crippen LogP contribution >= 0.6 is 0 Å². The van der Waals surface area contributed by atoms with Crippen molar-refractivity contribution >= 4 is 15.7 Å². The van der Waals surface area contributed by atoms with E-state index in [9.17, 15) is 13.2 Å². The van der Waals surface area contributed by atoms with Crippen LogP contribution in [0.3, 0.4) is 0 Å². The molecule has 1 aliphatic heterocycles. The predicted molar refractivity (Wildman–Crippen MR) is 122 cm³/mol. The third kappa shape index (κ3) is 4.95. The van der Waals surface area contributed by atoms with Gasteiger partial charge in [0.2, 0.25) is 9.84 Å². The highest BCUT2D eigenvalue weighted by atomic mass is 32.2. The van der Waals surface area contributed by atoms with Crippen LogP contribution in [0.5, 0.6) is 0 Å². The first-order valence-electron chi connectivity index (χ1n) is 10.8. The second-order valence-electron chi connectivity index (χ2n) is 8.42. The molecule has 4 rings (SSSR count). The lowest BCUT2D eigenvalue weighted by Crippen LogP contribution is -2.44. The molecule has 1 fully saturated rings. The molecule has 0 unspecified atom stereocenters. The minimum Gasteiger partial charge on any atom is -0.459 e. The number of benzene rings is 2. The Kier molecular flexibility index (Phi) is 6.48. The number of piperidine rings is 1. The monoisotopic (exact) mass is 452 g/mol. The Labute approximate surface area is 189 Å². The van der Waals surface area contributed by atoms with Crippen LogP contribution in [0.25, 0.3) is 0 Å². The molecule has 2 heterocycles. The van der Waals surface area contributed by atoms with Crippen LogP contribution in [0.4, 0.5) is 0 Å². The molecule has 0 bridgehead atoms. The number of nitrogens with zero attached hydrogens (tertiary/aromatic N) is 1. The fourth-order valence-electron chi connectivity index (χ4n) is 3.98. The number of furan rings is 1. The molecule has 1 aliphatic rings. The number of aryl methyl sites for hydroxylation is 2. The molecule has 0 atom stereocenters. The Morgan fingerprint density at radius 2 is 1.56 bits per heavy atom. The molecule has 2 aromatic carbocycles. The van der Waals surface area contributed by atoms with Gasteiger partial charge in [-0.1, -0.05) is 29.8 Å². The van der Waals surface area contributed by atoms with E-state index in [1.165, 1.54) is 6.26 Å². The maximum Gasteiger partial charge on any atom is 0.287 e. The lowest BCUT2D eigenvalue weighted by Gasteiger charge is -2.32. The van der Waals surface area contributed by atoms with Crippen molar-refractivity contribution < 1.29 is 17.6 Å². The summed E-state index contributed by atoms with van der Waals surface area (Å²) in [4.78, 5) is 15.3. The number of sulfone groups is 1. The van der Waals surface area contributed by atoms with E-state index in [4.69, 9.17) is 4.42 Å². The summed E-state index contributed by atoms with van der Waals surface area (Å²) in [7, 11) is -3.51. The van der Waals surface area contributed by atoms with Crippen LogP contribution in [-0.2, 0) is 16.4 Å². The number of rotatable bonds is 6. The summed E-state index contributed by atoms with van der Waals surface area (Å²) in [6.07, 6.45) is 3.26. The maximum atomic E-state index is 12.8. The number of nitrogens with one attached hydrogen (secondary N) is 1. The van der Waals surface area contributed by atoms with E-state index in [2.05, 4.69) is 10.2 Å². The van der Waals surface area contributed by atoms with Gasteiger partial charge < -0.3 is 9.73 Å². The van der Waals surface area contributed by atoms with Crippen molar-refractivity contribution in [2.45, 2.75) is 49.1 Å².